The quantitative estimate of drug-likeness (QED) is 0.674. The van der Waals surface area contributed by atoms with E-state index in [1.165, 1.54) is 11.3 Å². The Morgan fingerprint density at radius 3 is 2.54 bits per heavy atom. The lowest BCUT2D eigenvalue weighted by Crippen LogP contribution is -2.29. The molecule has 0 atom stereocenters. The molecule has 136 valence electrons. The van der Waals surface area contributed by atoms with Crippen LogP contribution in [0.1, 0.15) is 34.6 Å². The highest BCUT2D eigenvalue weighted by Gasteiger charge is 2.23. The van der Waals surface area contributed by atoms with Gasteiger partial charge >= 0.3 is 0 Å². The van der Waals surface area contributed by atoms with Crippen LogP contribution in [0.5, 0.6) is 0 Å². The van der Waals surface area contributed by atoms with E-state index in [-0.39, 0.29) is 11.5 Å². The minimum atomic E-state index is -0.1000. The number of hydrogen-bond donors (Lipinski definition) is 0. The van der Waals surface area contributed by atoms with Crippen LogP contribution in [0, 0.1) is 12.8 Å². The second kappa shape index (κ2) is 7.46. The minimum absolute atomic E-state index is 0.0722. The fourth-order valence-corrected chi connectivity index (χ4v) is 4.22. The van der Waals surface area contributed by atoms with Gasteiger partial charge in [0.05, 0.1) is 10.9 Å². The van der Waals surface area contributed by atoms with Gasteiger partial charge in [-0.05, 0) is 24.5 Å². The Balaban J connectivity index is 2.02. The summed E-state index contributed by atoms with van der Waals surface area (Å²) in [6, 6.07) is 11.8. The Kier molecular flexibility index (Phi) is 5.28. The Morgan fingerprint density at radius 1 is 1.19 bits per heavy atom. The molecule has 0 aliphatic heterocycles. The van der Waals surface area contributed by atoms with E-state index in [0.29, 0.717) is 30.0 Å². The van der Waals surface area contributed by atoms with E-state index in [2.05, 4.69) is 13.8 Å². The summed E-state index contributed by atoms with van der Waals surface area (Å²) in [5.74, 6) is 0.266. The third kappa shape index (κ3) is 3.58. The molecule has 0 aliphatic rings. The van der Waals surface area contributed by atoms with Crippen LogP contribution >= 0.6 is 11.3 Å². The number of aryl methyl sites for hydroxylation is 1. The van der Waals surface area contributed by atoms with Crippen molar-refractivity contribution in [3.63, 3.8) is 0 Å². The monoisotopic (exact) mass is 368 g/mol. The van der Waals surface area contributed by atoms with Crippen LogP contribution < -0.4 is 5.56 Å². The second-order valence-corrected chi connectivity index (χ2v) is 8.34. The summed E-state index contributed by atoms with van der Waals surface area (Å²) in [6.07, 6.45) is 1.84. The second-order valence-electron chi connectivity index (χ2n) is 7.09. The molecule has 0 spiro atoms. The number of nitrogens with zero attached hydrogens (tertiary/aromatic N) is 2. The van der Waals surface area contributed by atoms with Crippen molar-refractivity contribution in [2.24, 2.45) is 5.92 Å². The van der Waals surface area contributed by atoms with Crippen LogP contribution in [0.3, 0.4) is 0 Å². The van der Waals surface area contributed by atoms with E-state index in [1.54, 1.807) is 16.5 Å². The SMILES string of the molecule is Cc1sc2ccn(CC(C)C)c(=O)c2c1C(=O)N(C)Cc1ccccc1. The van der Waals surface area contributed by atoms with Crippen LogP contribution in [0.15, 0.2) is 47.4 Å². The topological polar surface area (TPSA) is 42.3 Å². The van der Waals surface area contributed by atoms with Crippen LogP contribution in [-0.2, 0) is 13.1 Å². The number of thiophene rings is 1. The van der Waals surface area contributed by atoms with Crippen molar-refractivity contribution < 1.29 is 4.79 Å². The van der Waals surface area contributed by atoms with Crippen LogP contribution in [0.4, 0.5) is 0 Å². The maximum atomic E-state index is 13.1. The molecule has 0 aliphatic carbocycles. The predicted molar refractivity (Wildman–Crippen MR) is 108 cm³/mol. The van der Waals surface area contributed by atoms with Crippen LogP contribution in [0.25, 0.3) is 10.1 Å². The molecule has 2 heterocycles. The van der Waals surface area contributed by atoms with Gasteiger partial charge in [-0.25, -0.2) is 0 Å². The van der Waals surface area contributed by atoms with Crippen molar-refractivity contribution in [1.29, 1.82) is 0 Å². The highest BCUT2D eigenvalue weighted by atomic mass is 32.1. The first-order chi connectivity index (χ1) is 12.4. The molecule has 0 unspecified atom stereocenters. The standard InChI is InChI=1S/C21H24N2O2S/c1-14(2)12-23-11-10-17-19(21(23)25)18(15(3)26-17)20(24)22(4)13-16-8-6-5-7-9-16/h5-11,14H,12-13H2,1-4H3. The molecule has 4 nitrogen and oxygen atoms in total. The third-order valence-corrected chi connectivity index (χ3v) is 5.45. The normalized spacial score (nSPS) is 11.3. The Labute approximate surface area is 157 Å². The summed E-state index contributed by atoms with van der Waals surface area (Å²) in [4.78, 5) is 28.7. The molecule has 0 N–H and O–H groups in total. The smallest absolute Gasteiger partial charge is 0.260 e. The Hall–Kier alpha value is -2.40. The summed E-state index contributed by atoms with van der Waals surface area (Å²) < 4.78 is 2.59. The summed E-state index contributed by atoms with van der Waals surface area (Å²) in [7, 11) is 1.79. The number of hydrogen-bond acceptors (Lipinski definition) is 3. The molecule has 0 fully saturated rings. The van der Waals surface area contributed by atoms with Crippen molar-refractivity contribution in [2.45, 2.75) is 33.9 Å². The molecule has 2 aromatic heterocycles. The van der Waals surface area contributed by atoms with Gasteiger partial charge in [0, 0.05) is 35.9 Å². The van der Waals surface area contributed by atoms with Gasteiger partial charge < -0.3 is 9.47 Å². The van der Waals surface area contributed by atoms with Crippen LogP contribution in [-0.4, -0.2) is 22.4 Å². The first-order valence-electron chi connectivity index (χ1n) is 8.80. The zero-order chi connectivity index (χ0) is 18.8. The number of carbonyl (C=O) groups is 1. The van der Waals surface area contributed by atoms with Crippen molar-refractivity contribution >= 4 is 27.3 Å². The van der Waals surface area contributed by atoms with Gasteiger partial charge in [0.1, 0.15) is 0 Å². The molecule has 3 aromatic rings. The number of benzene rings is 1. The van der Waals surface area contributed by atoms with Crippen molar-refractivity contribution in [3.05, 3.63) is 69.0 Å². The largest absolute Gasteiger partial charge is 0.337 e. The fraction of sp³-hybridized carbons (Fsp3) is 0.333. The van der Waals surface area contributed by atoms with Gasteiger partial charge in [0.2, 0.25) is 0 Å². The van der Waals surface area contributed by atoms with Gasteiger partial charge in [-0.1, -0.05) is 44.2 Å². The molecule has 1 amide bonds. The molecule has 0 saturated heterocycles. The van der Waals surface area contributed by atoms with E-state index in [0.717, 1.165) is 15.1 Å². The Morgan fingerprint density at radius 2 is 1.88 bits per heavy atom. The average molecular weight is 369 g/mol. The van der Waals surface area contributed by atoms with E-state index in [9.17, 15) is 9.59 Å². The van der Waals surface area contributed by atoms with Gasteiger partial charge in [0.15, 0.2) is 0 Å². The number of fused-ring (bicyclic) bond motifs is 1. The molecule has 26 heavy (non-hydrogen) atoms. The van der Waals surface area contributed by atoms with Crippen molar-refractivity contribution in [3.8, 4) is 0 Å². The Bertz CT molecular complexity index is 986. The molecule has 0 bridgehead atoms. The van der Waals surface area contributed by atoms with Crippen LogP contribution in [0.2, 0.25) is 0 Å². The fourth-order valence-electron chi connectivity index (χ4n) is 3.18. The maximum absolute atomic E-state index is 13.1. The zero-order valence-corrected chi connectivity index (χ0v) is 16.5. The minimum Gasteiger partial charge on any atom is -0.337 e. The highest BCUT2D eigenvalue weighted by Crippen LogP contribution is 2.29. The predicted octanol–water partition coefficient (Wildman–Crippen LogP) is 4.30. The lowest BCUT2D eigenvalue weighted by atomic mass is 10.1. The van der Waals surface area contributed by atoms with Crippen molar-refractivity contribution in [2.75, 3.05) is 7.05 Å². The van der Waals surface area contributed by atoms with Gasteiger partial charge in [-0.15, -0.1) is 11.3 Å². The summed E-state index contributed by atoms with van der Waals surface area (Å²) in [5.41, 5.74) is 1.54. The number of pyridine rings is 1. The summed E-state index contributed by atoms with van der Waals surface area (Å²) >= 11 is 1.51. The first kappa shape index (κ1) is 18.4. The molecule has 0 radical (unpaired) electrons. The lowest BCUT2D eigenvalue weighted by Gasteiger charge is -2.18. The third-order valence-electron chi connectivity index (χ3n) is 4.38. The molecule has 0 saturated carbocycles. The van der Waals surface area contributed by atoms with E-state index >= 15 is 0 Å². The molecule has 5 heteroatoms. The van der Waals surface area contributed by atoms with E-state index < -0.39 is 0 Å². The maximum Gasteiger partial charge on any atom is 0.260 e. The molecule has 3 rings (SSSR count). The number of carbonyl (C=O) groups excluding carboxylic acids is 1. The van der Waals surface area contributed by atoms with Gasteiger partial charge in [0.25, 0.3) is 11.5 Å². The molecular weight excluding hydrogens is 344 g/mol. The van der Waals surface area contributed by atoms with Gasteiger partial charge in [-0.3, -0.25) is 9.59 Å². The molecular formula is C21H24N2O2S. The van der Waals surface area contributed by atoms with Gasteiger partial charge in [-0.2, -0.15) is 0 Å². The average Bonchev–Trinajstić information content (AvgIpc) is 2.94. The highest BCUT2D eigenvalue weighted by molar-refractivity contribution is 7.19. The lowest BCUT2D eigenvalue weighted by molar-refractivity contribution is 0.0787. The number of amides is 1. The first-order valence-corrected chi connectivity index (χ1v) is 9.62. The molecule has 1 aromatic carbocycles. The van der Waals surface area contributed by atoms with Crippen molar-refractivity contribution in [1.82, 2.24) is 9.47 Å². The van der Waals surface area contributed by atoms with E-state index in [4.69, 9.17) is 0 Å². The van der Waals surface area contributed by atoms with E-state index in [1.807, 2.05) is 49.5 Å². The number of rotatable bonds is 5. The zero-order valence-electron chi connectivity index (χ0n) is 15.7. The summed E-state index contributed by atoms with van der Waals surface area (Å²) in [5, 5.41) is 0.556. The summed E-state index contributed by atoms with van der Waals surface area (Å²) in [6.45, 7) is 7.24. The number of aromatic nitrogens is 1.